The van der Waals surface area contributed by atoms with Gasteiger partial charge in [-0.3, -0.25) is 20.4 Å². The number of unbranched alkanes of at least 4 members (excludes halogenated alkanes) is 24. The number of guanidine groups is 1. The summed E-state index contributed by atoms with van der Waals surface area (Å²) in [5.41, 5.74) is 4.71. The highest BCUT2D eigenvalue weighted by atomic mass is 16.5. The van der Waals surface area contributed by atoms with E-state index >= 15 is 0 Å². The van der Waals surface area contributed by atoms with Gasteiger partial charge in [-0.05, 0) is 57.7 Å². The molecule has 0 saturated heterocycles. The maximum atomic E-state index is 12.1. The Morgan fingerprint density at radius 3 is 1.40 bits per heavy atom. The molecule has 0 radical (unpaired) electrons. The number of nitrogens with zero attached hydrogens (tertiary/aromatic N) is 3. The van der Waals surface area contributed by atoms with E-state index in [1.165, 1.54) is 193 Å². The van der Waals surface area contributed by atoms with Crippen molar-refractivity contribution in [3.05, 3.63) is 0 Å². The maximum Gasteiger partial charge on any atom is 0.305 e. The van der Waals surface area contributed by atoms with Crippen LogP contribution in [0.2, 0.25) is 0 Å². The van der Waals surface area contributed by atoms with Crippen LogP contribution in [0.5, 0.6) is 0 Å². The maximum absolute atomic E-state index is 12.1. The number of hydrogen-bond donors (Lipinski definition) is 3. The second-order valence-corrected chi connectivity index (χ2v) is 16.9. The molecule has 0 fully saturated rings. The molecule has 0 atom stereocenters. The topological polar surface area (TPSA) is 89.4 Å². The van der Waals surface area contributed by atoms with Gasteiger partial charge in [0.15, 0.2) is 0 Å². The van der Waals surface area contributed by atoms with Crippen LogP contribution in [0.3, 0.4) is 0 Å². The molecular formula is C47H97N5O3. The average molecular weight is 780 g/mol. The fraction of sp³-hybridized carbons (Fsp3) is 0.957. The zero-order chi connectivity index (χ0) is 40.3. The van der Waals surface area contributed by atoms with E-state index in [1.807, 2.05) is 24.6 Å². The molecule has 0 bridgehead atoms. The van der Waals surface area contributed by atoms with Gasteiger partial charge in [0.05, 0.1) is 6.61 Å². The van der Waals surface area contributed by atoms with Crippen molar-refractivity contribution in [3.8, 4) is 0 Å². The second kappa shape index (κ2) is 43.7. The fourth-order valence-corrected chi connectivity index (χ4v) is 7.77. The average Bonchev–Trinajstić information content (AvgIpc) is 3.18. The van der Waals surface area contributed by atoms with Crippen molar-refractivity contribution in [2.45, 2.75) is 239 Å². The van der Waals surface area contributed by atoms with E-state index in [1.54, 1.807) is 0 Å². The molecule has 0 aromatic rings. The van der Waals surface area contributed by atoms with Gasteiger partial charge in [-0.2, -0.15) is 0 Å². The molecule has 0 heterocycles. The first kappa shape index (κ1) is 53.6. The van der Waals surface area contributed by atoms with Crippen molar-refractivity contribution in [1.82, 2.24) is 20.8 Å². The first-order chi connectivity index (χ1) is 27.0. The smallest absolute Gasteiger partial charge is 0.305 e. The summed E-state index contributed by atoms with van der Waals surface area (Å²) in [5, 5.41) is 9.05. The van der Waals surface area contributed by atoms with Gasteiger partial charge in [0.1, 0.15) is 0 Å². The molecule has 0 aromatic heterocycles. The summed E-state index contributed by atoms with van der Waals surface area (Å²) in [6, 6.07) is 0. The van der Waals surface area contributed by atoms with Gasteiger partial charge in [0.25, 0.3) is 0 Å². The van der Waals surface area contributed by atoms with Gasteiger partial charge in [0, 0.05) is 27.1 Å². The van der Waals surface area contributed by atoms with E-state index in [0.29, 0.717) is 19.0 Å². The van der Waals surface area contributed by atoms with Gasteiger partial charge in [0.2, 0.25) is 5.96 Å². The highest BCUT2D eigenvalue weighted by Crippen LogP contribution is 2.25. The summed E-state index contributed by atoms with van der Waals surface area (Å²) in [5.74, 6) is 1.58. The Bertz CT molecular complexity index is 795. The lowest BCUT2D eigenvalue weighted by Crippen LogP contribution is -2.43. The van der Waals surface area contributed by atoms with Gasteiger partial charge < -0.3 is 14.5 Å². The number of carbonyl (C=O) groups is 1. The Kier molecular flexibility index (Phi) is 42.6. The van der Waals surface area contributed by atoms with Crippen molar-refractivity contribution in [3.63, 3.8) is 0 Å². The number of aliphatic imine (C=N–C) groups is 1. The Balaban J connectivity index is 4.48. The number of hydrazine groups is 1. The van der Waals surface area contributed by atoms with Gasteiger partial charge in [-0.1, -0.05) is 201 Å². The van der Waals surface area contributed by atoms with E-state index < -0.39 is 0 Å². The SMILES string of the molecule is CCCCCCCCCOC(=O)CCCCCCCN(CCCCCCCC(CCCCCCCC)CCCCCCCC)CCCN=C(NNO)N(C)C. The molecule has 0 spiro atoms. The molecule has 0 rings (SSSR count). The largest absolute Gasteiger partial charge is 0.466 e. The van der Waals surface area contributed by atoms with Gasteiger partial charge in [-0.15, -0.1) is 5.59 Å². The molecule has 8 nitrogen and oxygen atoms in total. The van der Waals surface area contributed by atoms with Crippen LogP contribution >= 0.6 is 0 Å². The van der Waals surface area contributed by atoms with Crippen LogP contribution in [0.25, 0.3) is 0 Å². The lowest BCUT2D eigenvalue weighted by Gasteiger charge is -2.22. The van der Waals surface area contributed by atoms with E-state index in [4.69, 9.17) is 9.94 Å². The molecule has 328 valence electrons. The minimum atomic E-state index is -0.0108. The fourth-order valence-electron chi connectivity index (χ4n) is 7.77. The van der Waals surface area contributed by atoms with Crippen molar-refractivity contribution < 1.29 is 14.7 Å². The summed E-state index contributed by atoms with van der Waals surface area (Å²) in [6.07, 6.45) is 44.2. The summed E-state index contributed by atoms with van der Waals surface area (Å²) in [6.45, 7) is 11.6. The molecule has 8 heteroatoms. The van der Waals surface area contributed by atoms with Crippen LogP contribution in [0.15, 0.2) is 4.99 Å². The lowest BCUT2D eigenvalue weighted by molar-refractivity contribution is -0.143. The first-order valence-electron chi connectivity index (χ1n) is 24.2. The minimum absolute atomic E-state index is 0.0108. The van der Waals surface area contributed by atoms with E-state index in [9.17, 15) is 4.79 Å². The lowest BCUT2D eigenvalue weighted by atomic mass is 9.89. The third kappa shape index (κ3) is 39.2. The highest BCUT2D eigenvalue weighted by molar-refractivity contribution is 5.78. The van der Waals surface area contributed by atoms with Crippen molar-refractivity contribution in [2.24, 2.45) is 10.9 Å². The van der Waals surface area contributed by atoms with Crippen molar-refractivity contribution in [1.29, 1.82) is 0 Å². The predicted molar refractivity (Wildman–Crippen MR) is 239 cm³/mol. The molecular weight excluding hydrogens is 683 g/mol. The summed E-state index contributed by atoms with van der Waals surface area (Å²) in [4.78, 5) is 21.3. The molecule has 0 saturated carbocycles. The number of nitrogens with one attached hydrogen (secondary N) is 2. The zero-order valence-electron chi connectivity index (χ0n) is 37.8. The Morgan fingerprint density at radius 2 is 0.945 bits per heavy atom. The van der Waals surface area contributed by atoms with Crippen LogP contribution in [-0.4, -0.2) is 73.8 Å². The third-order valence-electron chi connectivity index (χ3n) is 11.4. The molecule has 0 aliphatic heterocycles. The number of rotatable bonds is 43. The number of ether oxygens (including phenoxy) is 1. The van der Waals surface area contributed by atoms with Crippen molar-refractivity contribution in [2.75, 3.05) is 46.9 Å². The van der Waals surface area contributed by atoms with Crippen LogP contribution in [0, 0.1) is 5.92 Å². The zero-order valence-corrected chi connectivity index (χ0v) is 37.8. The summed E-state index contributed by atoms with van der Waals surface area (Å²) < 4.78 is 5.47. The molecule has 3 N–H and O–H groups in total. The monoisotopic (exact) mass is 780 g/mol. The number of hydrogen-bond acceptors (Lipinski definition) is 6. The molecule has 0 aromatic carbocycles. The molecule has 0 aliphatic rings. The van der Waals surface area contributed by atoms with Crippen LogP contribution in [0.1, 0.15) is 239 Å². The molecule has 0 aliphatic carbocycles. The summed E-state index contributed by atoms with van der Waals surface area (Å²) in [7, 11) is 3.84. The van der Waals surface area contributed by atoms with E-state index in [-0.39, 0.29) is 5.97 Å². The molecule has 0 amide bonds. The van der Waals surface area contributed by atoms with Crippen molar-refractivity contribution >= 4 is 11.9 Å². The molecule has 0 unspecified atom stereocenters. The van der Waals surface area contributed by atoms with Crippen LogP contribution < -0.4 is 11.0 Å². The standard InChI is InChI=1S/C47H97N5O3/c1-6-9-12-15-18-27-34-44-55-46(53)39-31-24-20-26-33-42-52(43-35-40-48-47(49-50-54)51(4)5)41-32-25-19-23-30-38-45(36-28-21-16-13-10-7-2)37-29-22-17-14-11-8-3/h45,50,54H,6-44H2,1-5H3,(H,48,49). The van der Waals surface area contributed by atoms with Gasteiger partial charge in [-0.25, -0.2) is 0 Å². The number of carbonyl (C=O) groups excluding carboxylic acids is 1. The normalized spacial score (nSPS) is 12.0. The Hall–Kier alpha value is -1.38. The number of esters is 1. The minimum Gasteiger partial charge on any atom is -0.466 e. The Morgan fingerprint density at radius 1 is 0.545 bits per heavy atom. The van der Waals surface area contributed by atoms with Crippen LogP contribution in [-0.2, 0) is 9.53 Å². The van der Waals surface area contributed by atoms with Crippen LogP contribution in [0.4, 0.5) is 0 Å². The van der Waals surface area contributed by atoms with E-state index in [2.05, 4.69) is 36.1 Å². The first-order valence-corrected chi connectivity index (χ1v) is 24.2. The van der Waals surface area contributed by atoms with E-state index in [0.717, 1.165) is 51.2 Å². The Labute approximate surface area is 343 Å². The quantitative estimate of drug-likeness (QED) is 0.0187. The highest BCUT2D eigenvalue weighted by Gasteiger charge is 2.10. The predicted octanol–water partition coefficient (Wildman–Crippen LogP) is 13.2. The summed E-state index contributed by atoms with van der Waals surface area (Å²) >= 11 is 0. The molecule has 55 heavy (non-hydrogen) atoms. The van der Waals surface area contributed by atoms with Gasteiger partial charge >= 0.3 is 5.97 Å². The third-order valence-corrected chi connectivity index (χ3v) is 11.4. The second-order valence-electron chi connectivity index (χ2n) is 16.9.